The van der Waals surface area contributed by atoms with Crippen LogP contribution in [0.15, 0.2) is 42.5 Å². The van der Waals surface area contributed by atoms with E-state index >= 15 is 0 Å². The molecule has 2 aromatic carbocycles. The van der Waals surface area contributed by atoms with Gasteiger partial charge in [0.05, 0.1) is 7.11 Å². The number of para-hydroxylation sites is 1. The topological polar surface area (TPSA) is 67.4 Å². The molecule has 5 nitrogen and oxygen atoms in total. The first kappa shape index (κ1) is 19.2. The van der Waals surface area contributed by atoms with Crippen molar-refractivity contribution in [3.8, 4) is 5.75 Å². The van der Waals surface area contributed by atoms with Crippen LogP contribution < -0.4 is 15.4 Å². The Hall–Kier alpha value is -2.53. The largest absolute Gasteiger partial charge is 0.496 e. The number of aryl methyl sites for hydroxylation is 1. The van der Waals surface area contributed by atoms with Crippen LogP contribution in [-0.2, 0) is 16.0 Å². The van der Waals surface area contributed by atoms with Crippen LogP contribution in [0.5, 0.6) is 5.75 Å². The molecule has 0 unspecified atom stereocenters. The minimum atomic E-state index is -0.977. The van der Waals surface area contributed by atoms with Crippen molar-refractivity contribution in [1.82, 2.24) is 5.32 Å². The molecule has 6 heteroatoms. The number of carbonyl (C=O) groups is 2. The Morgan fingerprint density at radius 1 is 1.15 bits per heavy atom. The molecule has 0 heterocycles. The molecular weight excluding hydrogens is 364 g/mol. The van der Waals surface area contributed by atoms with Gasteiger partial charge in [-0.25, -0.2) is 0 Å². The van der Waals surface area contributed by atoms with Gasteiger partial charge in [-0.2, -0.15) is 0 Å². The summed E-state index contributed by atoms with van der Waals surface area (Å²) in [7, 11) is 1.62. The van der Waals surface area contributed by atoms with E-state index in [0.717, 1.165) is 16.9 Å². The van der Waals surface area contributed by atoms with Gasteiger partial charge in [0.1, 0.15) is 11.2 Å². The monoisotopic (exact) mass is 386 g/mol. The molecule has 3 rings (SSSR count). The van der Waals surface area contributed by atoms with E-state index in [0.29, 0.717) is 36.5 Å². The average Bonchev–Trinajstić information content (AvgIpc) is 3.47. The summed E-state index contributed by atoms with van der Waals surface area (Å²) in [5.74, 6) is 0.291. The van der Waals surface area contributed by atoms with E-state index in [4.69, 9.17) is 16.3 Å². The smallest absolute Gasteiger partial charge is 0.240 e. The summed E-state index contributed by atoms with van der Waals surface area (Å²) in [5.41, 5.74) is 1.58. The van der Waals surface area contributed by atoms with Crippen molar-refractivity contribution in [3.05, 3.63) is 58.6 Å². The lowest BCUT2D eigenvalue weighted by Crippen LogP contribution is -2.40. The Morgan fingerprint density at radius 2 is 1.89 bits per heavy atom. The molecule has 0 spiro atoms. The van der Waals surface area contributed by atoms with Crippen LogP contribution in [-0.4, -0.2) is 25.5 Å². The normalized spacial score (nSPS) is 14.3. The predicted octanol–water partition coefficient (Wildman–Crippen LogP) is 3.73. The molecular formula is C21H23ClN2O3. The van der Waals surface area contributed by atoms with Gasteiger partial charge < -0.3 is 15.4 Å². The summed E-state index contributed by atoms with van der Waals surface area (Å²) in [6.45, 7) is 2.34. The van der Waals surface area contributed by atoms with Crippen molar-refractivity contribution < 1.29 is 14.3 Å². The van der Waals surface area contributed by atoms with Gasteiger partial charge in [-0.15, -0.1) is 0 Å². The lowest BCUT2D eigenvalue weighted by molar-refractivity contribution is -0.134. The van der Waals surface area contributed by atoms with E-state index in [1.54, 1.807) is 19.2 Å². The van der Waals surface area contributed by atoms with Crippen LogP contribution in [0.2, 0.25) is 5.02 Å². The lowest BCUT2D eigenvalue weighted by Gasteiger charge is -2.17. The van der Waals surface area contributed by atoms with Crippen LogP contribution in [0.3, 0.4) is 0 Å². The molecule has 0 saturated heterocycles. The highest BCUT2D eigenvalue weighted by Crippen LogP contribution is 2.47. The Morgan fingerprint density at radius 3 is 2.59 bits per heavy atom. The maximum Gasteiger partial charge on any atom is 0.240 e. The highest BCUT2D eigenvalue weighted by atomic mass is 35.5. The summed E-state index contributed by atoms with van der Waals surface area (Å²) < 4.78 is 5.32. The molecule has 2 amide bonds. The zero-order valence-electron chi connectivity index (χ0n) is 15.5. The number of nitrogens with one attached hydrogen (secondary N) is 2. The fourth-order valence-corrected chi connectivity index (χ4v) is 3.21. The molecule has 1 aliphatic carbocycles. The third kappa shape index (κ3) is 4.25. The summed E-state index contributed by atoms with van der Waals surface area (Å²) in [6.07, 6.45) is 1.75. The molecule has 0 bridgehead atoms. The van der Waals surface area contributed by atoms with Gasteiger partial charge >= 0.3 is 0 Å². The summed E-state index contributed by atoms with van der Waals surface area (Å²) in [6, 6.07) is 13.0. The van der Waals surface area contributed by atoms with Crippen LogP contribution >= 0.6 is 11.6 Å². The maximum atomic E-state index is 12.7. The van der Waals surface area contributed by atoms with Gasteiger partial charge in [-0.05, 0) is 55.5 Å². The number of hydrogen-bond acceptors (Lipinski definition) is 3. The first-order valence-electron chi connectivity index (χ1n) is 8.94. The average molecular weight is 387 g/mol. The van der Waals surface area contributed by atoms with Crippen molar-refractivity contribution in [3.63, 3.8) is 0 Å². The number of halogens is 1. The molecule has 1 fully saturated rings. The fraction of sp³-hybridized carbons (Fsp3) is 0.333. The van der Waals surface area contributed by atoms with Gasteiger partial charge in [-0.3, -0.25) is 9.59 Å². The third-order valence-corrected chi connectivity index (χ3v) is 5.17. The molecule has 0 aliphatic heterocycles. The zero-order chi connectivity index (χ0) is 19.4. The molecule has 1 aliphatic rings. The molecule has 27 heavy (non-hydrogen) atoms. The summed E-state index contributed by atoms with van der Waals surface area (Å²) >= 11 is 6.00. The minimum Gasteiger partial charge on any atom is -0.496 e. The first-order valence-corrected chi connectivity index (χ1v) is 9.32. The Labute approximate surface area is 164 Å². The highest BCUT2D eigenvalue weighted by molar-refractivity contribution is 6.31. The summed E-state index contributed by atoms with van der Waals surface area (Å²) in [5, 5.41) is 6.30. The lowest BCUT2D eigenvalue weighted by atomic mass is 10.0. The van der Waals surface area contributed by atoms with Gasteiger partial charge in [-0.1, -0.05) is 35.9 Å². The molecule has 0 radical (unpaired) electrons. The van der Waals surface area contributed by atoms with Crippen molar-refractivity contribution in [1.29, 1.82) is 0 Å². The standard InChI is InChI=1S/C21H23ClN2O3/c1-14-7-8-16(22)13-17(14)24-20(26)21(10-11-21)19(25)23-12-9-15-5-3-4-6-18(15)27-2/h3-8,13H,9-12H2,1-2H3,(H,23,25)(H,24,26). The number of ether oxygens (including phenoxy) is 1. The maximum absolute atomic E-state index is 12.7. The molecule has 2 N–H and O–H groups in total. The number of amides is 2. The van der Waals surface area contributed by atoms with E-state index in [1.807, 2.05) is 37.3 Å². The van der Waals surface area contributed by atoms with Crippen LogP contribution in [0.1, 0.15) is 24.0 Å². The van der Waals surface area contributed by atoms with E-state index in [1.165, 1.54) is 0 Å². The van der Waals surface area contributed by atoms with Crippen molar-refractivity contribution in [2.75, 3.05) is 19.0 Å². The number of benzene rings is 2. The Balaban J connectivity index is 1.59. The van der Waals surface area contributed by atoms with Gasteiger partial charge in [0.15, 0.2) is 0 Å². The predicted molar refractivity (Wildman–Crippen MR) is 106 cm³/mol. The minimum absolute atomic E-state index is 0.227. The highest BCUT2D eigenvalue weighted by Gasteiger charge is 2.56. The Kier molecular flexibility index (Phi) is 5.71. The third-order valence-electron chi connectivity index (χ3n) is 4.94. The van der Waals surface area contributed by atoms with E-state index < -0.39 is 5.41 Å². The second-order valence-electron chi connectivity index (χ2n) is 6.81. The van der Waals surface area contributed by atoms with Gasteiger partial charge in [0.2, 0.25) is 11.8 Å². The van der Waals surface area contributed by atoms with E-state index in [2.05, 4.69) is 10.6 Å². The molecule has 0 atom stereocenters. The molecule has 0 aromatic heterocycles. The van der Waals surface area contributed by atoms with Crippen LogP contribution in [0, 0.1) is 12.3 Å². The van der Waals surface area contributed by atoms with E-state index in [-0.39, 0.29) is 11.8 Å². The second kappa shape index (κ2) is 8.01. The number of hydrogen-bond donors (Lipinski definition) is 2. The number of carbonyl (C=O) groups excluding carboxylic acids is 2. The SMILES string of the molecule is COc1ccccc1CCNC(=O)C1(C(=O)Nc2cc(Cl)ccc2C)CC1. The zero-order valence-corrected chi connectivity index (χ0v) is 16.2. The second-order valence-corrected chi connectivity index (χ2v) is 7.25. The molecule has 2 aromatic rings. The van der Waals surface area contributed by atoms with Crippen molar-refractivity contribution in [2.24, 2.45) is 5.41 Å². The van der Waals surface area contributed by atoms with Crippen molar-refractivity contribution >= 4 is 29.1 Å². The van der Waals surface area contributed by atoms with Crippen molar-refractivity contribution in [2.45, 2.75) is 26.2 Å². The quantitative estimate of drug-likeness (QED) is 0.712. The van der Waals surface area contributed by atoms with Gasteiger partial charge in [0.25, 0.3) is 0 Å². The Bertz CT molecular complexity index is 862. The number of methoxy groups -OCH3 is 1. The van der Waals surface area contributed by atoms with Crippen LogP contribution in [0.4, 0.5) is 5.69 Å². The summed E-state index contributed by atoms with van der Waals surface area (Å²) in [4.78, 5) is 25.3. The van der Waals surface area contributed by atoms with E-state index in [9.17, 15) is 9.59 Å². The van der Waals surface area contributed by atoms with Gasteiger partial charge in [0, 0.05) is 17.3 Å². The van der Waals surface area contributed by atoms with Crippen LogP contribution in [0.25, 0.3) is 0 Å². The molecule has 142 valence electrons. The first-order chi connectivity index (χ1) is 13.0. The molecule has 1 saturated carbocycles. The number of rotatable bonds is 7. The fourth-order valence-electron chi connectivity index (χ4n) is 3.04. The number of anilines is 1.